The smallest absolute Gasteiger partial charge is 0.226 e. The third kappa shape index (κ3) is 2.74. The zero-order valence-electron chi connectivity index (χ0n) is 14.3. The molecule has 1 aliphatic rings. The number of hydrogen-bond acceptors (Lipinski definition) is 4. The molecule has 1 aliphatic carbocycles. The van der Waals surface area contributed by atoms with Crippen LogP contribution in [-0.2, 0) is 0 Å². The average Bonchev–Trinajstić information content (AvgIpc) is 3.06. The molecule has 4 nitrogen and oxygen atoms in total. The maximum absolute atomic E-state index is 6.23. The lowest BCUT2D eigenvalue weighted by Gasteiger charge is -2.20. The molecule has 0 spiro atoms. The Morgan fingerprint density at radius 1 is 0.846 bits per heavy atom. The minimum Gasteiger partial charge on any atom is -0.456 e. The van der Waals surface area contributed by atoms with Crippen LogP contribution in [0.5, 0.6) is 0 Å². The Morgan fingerprint density at radius 3 is 2.54 bits per heavy atom. The zero-order valence-corrected chi connectivity index (χ0v) is 15.0. The lowest BCUT2D eigenvalue weighted by Crippen LogP contribution is -2.10. The molecule has 1 saturated carbocycles. The van der Waals surface area contributed by atoms with Gasteiger partial charge in [0.05, 0.1) is 0 Å². The van der Waals surface area contributed by atoms with E-state index in [1.807, 2.05) is 30.3 Å². The summed E-state index contributed by atoms with van der Waals surface area (Å²) >= 11 is 6.23. The minimum atomic E-state index is 0.271. The van der Waals surface area contributed by atoms with Crippen LogP contribution in [-0.4, -0.2) is 15.0 Å². The second kappa shape index (κ2) is 6.36. The predicted octanol–water partition coefficient (Wildman–Crippen LogP) is 6.14. The molecule has 0 bridgehead atoms. The lowest BCUT2D eigenvalue weighted by atomic mass is 9.89. The molecule has 4 aromatic rings. The predicted molar refractivity (Wildman–Crippen MR) is 103 cm³/mol. The molecular weight excluding hydrogens is 346 g/mol. The van der Waals surface area contributed by atoms with E-state index in [1.54, 1.807) is 0 Å². The van der Waals surface area contributed by atoms with E-state index in [4.69, 9.17) is 21.0 Å². The van der Waals surface area contributed by atoms with Gasteiger partial charge in [0.15, 0.2) is 5.82 Å². The maximum atomic E-state index is 6.23. The molecule has 5 rings (SSSR count). The number of para-hydroxylation sites is 1. The molecule has 26 heavy (non-hydrogen) atoms. The Kier molecular flexibility index (Phi) is 3.86. The molecule has 2 aromatic heterocycles. The van der Waals surface area contributed by atoms with Crippen LogP contribution in [0.4, 0.5) is 0 Å². The van der Waals surface area contributed by atoms with Crippen LogP contribution in [0.3, 0.4) is 0 Å². The zero-order chi connectivity index (χ0) is 17.5. The first kappa shape index (κ1) is 15.8. The van der Waals surface area contributed by atoms with Crippen molar-refractivity contribution >= 4 is 33.5 Å². The van der Waals surface area contributed by atoms with E-state index >= 15 is 0 Å². The molecule has 1 fully saturated rings. The number of benzene rings is 2. The summed E-state index contributed by atoms with van der Waals surface area (Å²) in [7, 11) is 0. The van der Waals surface area contributed by atoms with Crippen molar-refractivity contribution in [1.82, 2.24) is 15.0 Å². The van der Waals surface area contributed by atoms with Gasteiger partial charge in [-0.2, -0.15) is 4.98 Å². The number of halogens is 1. The van der Waals surface area contributed by atoms with E-state index in [0.29, 0.717) is 11.7 Å². The second-order valence-corrected chi connectivity index (χ2v) is 7.27. The van der Waals surface area contributed by atoms with Gasteiger partial charge in [0.1, 0.15) is 17.0 Å². The molecule has 2 heterocycles. The quantitative estimate of drug-likeness (QED) is 0.429. The third-order valence-corrected chi connectivity index (χ3v) is 5.40. The Labute approximate surface area is 156 Å². The van der Waals surface area contributed by atoms with Gasteiger partial charge in [0.2, 0.25) is 5.28 Å². The fraction of sp³-hybridized carbons (Fsp3) is 0.286. The largest absolute Gasteiger partial charge is 0.456 e. The maximum Gasteiger partial charge on any atom is 0.226 e. The van der Waals surface area contributed by atoms with Crippen molar-refractivity contribution < 1.29 is 4.42 Å². The van der Waals surface area contributed by atoms with Crippen LogP contribution >= 0.6 is 11.6 Å². The van der Waals surface area contributed by atoms with Gasteiger partial charge >= 0.3 is 0 Å². The van der Waals surface area contributed by atoms with Crippen molar-refractivity contribution in [2.24, 2.45) is 0 Å². The van der Waals surface area contributed by atoms with E-state index in [2.05, 4.69) is 22.1 Å². The van der Waals surface area contributed by atoms with Gasteiger partial charge in [-0.05, 0) is 48.7 Å². The van der Waals surface area contributed by atoms with Crippen molar-refractivity contribution in [3.63, 3.8) is 0 Å². The third-order valence-electron chi connectivity index (χ3n) is 5.23. The first-order valence-electron chi connectivity index (χ1n) is 9.11. The number of fused-ring (bicyclic) bond motifs is 3. The lowest BCUT2D eigenvalue weighted by molar-refractivity contribution is 0.428. The van der Waals surface area contributed by atoms with E-state index in [1.165, 1.54) is 19.3 Å². The number of furan rings is 1. The highest BCUT2D eigenvalue weighted by atomic mass is 35.5. The van der Waals surface area contributed by atoms with Crippen molar-refractivity contribution in [3.05, 3.63) is 53.6 Å². The van der Waals surface area contributed by atoms with E-state index < -0.39 is 0 Å². The number of aromatic nitrogens is 3. The molecule has 0 saturated heterocycles. The normalized spacial score (nSPS) is 15.7. The van der Waals surface area contributed by atoms with Crippen molar-refractivity contribution in [3.8, 4) is 11.4 Å². The van der Waals surface area contributed by atoms with Crippen molar-refractivity contribution in [1.29, 1.82) is 0 Å². The highest BCUT2D eigenvalue weighted by molar-refractivity contribution is 6.28. The number of rotatable bonds is 2. The molecule has 0 N–H and O–H groups in total. The fourth-order valence-corrected chi connectivity index (χ4v) is 4.07. The Balaban J connectivity index is 1.62. The van der Waals surface area contributed by atoms with Crippen LogP contribution in [0.15, 0.2) is 46.9 Å². The summed E-state index contributed by atoms with van der Waals surface area (Å²) in [6, 6.07) is 14.1. The Hall–Kier alpha value is -2.46. The second-order valence-electron chi connectivity index (χ2n) is 6.93. The molecule has 0 amide bonds. The van der Waals surface area contributed by atoms with Gasteiger partial charge in [0.25, 0.3) is 0 Å². The van der Waals surface area contributed by atoms with Crippen molar-refractivity contribution in [2.75, 3.05) is 0 Å². The van der Waals surface area contributed by atoms with Gasteiger partial charge in [-0.1, -0.05) is 37.5 Å². The van der Waals surface area contributed by atoms with Gasteiger partial charge < -0.3 is 4.42 Å². The molecule has 0 unspecified atom stereocenters. The van der Waals surface area contributed by atoms with Crippen LogP contribution in [0.25, 0.3) is 33.3 Å². The summed E-state index contributed by atoms with van der Waals surface area (Å²) in [6.07, 6.45) is 6.02. The Bertz CT molecular complexity index is 1100. The van der Waals surface area contributed by atoms with Crippen LogP contribution in [0.2, 0.25) is 5.28 Å². The average molecular weight is 364 g/mol. The number of hydrogen-bond donors (Lipinski definition) is 0. The van der Waals surface area contributed by atoms with Crippen LogP contribution in [0.1, 0.15) is 43.8 Å². The van der Waals surface area contributed by atoms with E-state index in [0.717, 1.165) is 46.2 Å². The van der Waals surface area contributed by atoms with Gasteiger partial charge in [0, 0.05) is 22.3 Å². The molecule has 5 heteroatoms. The van der Waals surface area contributed by atoms with Gasteiger partial charge in [-0.15, -0.1) is 0 Å². The highest BCUT2D eigenvalue weighted by Gasteiger charge is 2.20. The summed E-state index contributed by atoms with van der Waals surface area (Å²) in [4.78, 5) is 13.6. The van der Waals surface area contributed by atoms with Gasteiger partial charge in [-0.3, -0.25) is 0 Å². The molecule has 2 aromatic carbocycles. The summed E-state index contributed by atoms with van der Waals surface area (Å²) in [5.74, 6) is 1.86. The summed E-state index contributed by atoms with van der Waals surface area (Å²) in [5.41, 5.74) is 2.68. The van der Waals surface area contributed by atoms with Gasteiger partial charge in [-0.25, -0.2) is 9.97 Å². The first-order chi connectivity index (χ1) is 12.8. The molecule has 130 valence electrons. The van der Waals surface area contributed by atoms with Crippen molar-refractivity contribution in [2.45, 2.75) is 38.0 Å². The van der Waals surface area contributed by atoms with E-state index in [-0.39, 0.29) is 5.28 Å². The first-order valence-corrected chi connectivity index (χ1v) is 9.49. The van der Waals surface area contributed by atoms with E-state index in [9.17, 15) is 0 Å². The monoisotopic (exact) mass is 363 g/mol. The molecule has 0 aliphatic heterocycles. The minimum absolute atomic E-state index is 0.271. The summed E-state index contributed by atoms with van der Waals surface area (Å²) < 4.78 is 5.91. The van der Waals surface area contributed by atoms with Crippen LogP contribution in [0, 0.1) is 0 Å². The Morgan fingerprint density at radius 2 is 1.65 bits per heavy atom. The fourth-order valence-electron chi connectivity index (χ4n) is 3.90. The number of nitrogens with zero attached hydrogens (tertiary/aromatic N) is 3. The SMILES string of the molecule is Clc1nc(-c2ccc3oc4ccccc4c3c2)nc(C2CCCCC2)n1. The van der Waals surface area contributed by atoms with Crippen LogP contribution < -0.4 is 0 Å². The molecule has 0 atom stereocenters. The highest BCUT2D eigenvalue weighted by Crippen LogP contribution is 2.34. The standard InChI is InChI=1S/C21H18ClN3O/c22-21-24-19(13-6-2-1-3-7-13)23-20(25-21)14-10-11-18-16(12-14)15-8-4-5-9-17(15)26-18/h4-5,8-13H,1-3,6-7H2. The molecule has 0 radical (unpaired) electrons. The molecular formula is C21H18ClN3O. The topological polar surface area (TPSA) is 51.8 Å². The summed E-state index contributed by atoms with van der Waals surface area (Å²) in [6.45, 7) is 0. The summed E-state index contributed by atoms with van der Waals surface area (Å²) in [5, 5.41) is 2.43.